The zero-order valence-corrected chi connectivity index (χ0v) is 10.9. The van der Waals surface area contributed by atoms with E-state index in [2.05, 4.69) is 20.0 Å². The minimum Gasteiger partial charge on any atom is -0.372 e. The number of ether oxygens (including phenoxy) is 1. The van der Waals surface area contributed by atoms with Gasteiger partial charge in [-0.15, -0.1) is 11.3 Å². The van der Waals surface area contributed by atoms with Gasteiger partial charge in [0.1, 0.15) is 23.1 Å². The van der Waals surface area contributed by atoms with Crippen molar-refractivity contribution < 1.29 is 17.9 Å². The first kappa shape index (κ1) is 14.0. The van der Waals surface area contributed by atoms with Crippen molar-refractivity contribution in [1.29, 1.82) is 0 Å². The molecule has 0 aliphatic heterocycles. The Balaban J connectivity index is 2.01. The van der Waals surface area contributed by atoms with Crippen molar-refractivity contribution in [2.24, 2.45) is 0 Å². The molecule has 0 radical (unpaired) electrons. The van der Waals surface area contributed by atoms with Crippen LogP contribution in [0.3, 0.4) is 0 Å². The molecule has 0 saturated heterocycles. The molecule has 1 N–H and O–H groups in total. The summed E-state index contributed by atoms with van der Waals surface area (Å²) in [5, 5.41) is 5.75. The van der Waals surface area contributed by atoms with E-state index < -0.39 is 12.8 Å². The number of anilines is 1. The minimum atomic E-state index is -4.30. The van der Waals surface area contributed by atoms with Gasteiger partial charge in [0.2, 0.25) is 0 Å². The largest absolute Gasteiger partial charge is 0.411 e. The van der Waals surface area contributed by atoms with E-state index in [0.29, 0.717) is 11.6 Å². The van der Waals surface area contributed by atoms with Crippen molar-refractivity contribution in [3.8, 4) is 0 Å². The number of fused-ring (bicyclic) bond motifs is 1. The van der Waals surface area contributed by atoms with Crippen molar-refractivity contribution in [1.82, 2.24) is 9.97 Å². The van der Waals surface area contributed by atoms with E-state index in [9.17, 15) is 13.2 Å². The number of nitrogens with zero attached hydrogens (tertiary/aromatic N) is 2. The predicted molar refractivity (Wildman–Crippen MR) is 67.5 cm³/mol. The fourth-order valence-electron chi connectivity index (χ4n) is 1.55. The molecule has 19 heavy (non-hydrogen) atoms. The number of halogens is 3. The zero-order valence-electron chi connectivity index (χ0n) is 10.1. The van der Waals surface area contributed by atoms with Crippen molar-refractivity contribution in [3.63, 3.8) is 0 Å². The van der Waals surface area contributed by atoms with Gasteiger partial charge >= 0.3 is 6.18 Å². The minimum absolute atomic E-state index is 0.0560. The molecule has 0 amide bonds. The van der Waals surface area contributed by atoms with Crippen LogP contribution in [0.5, 0.6) is 0 Å². The van der Waals surface area contributed by atoms with Gasteiger partial charge < -0.3 is 10.1 Å². The summed E-state index contributed by atoms with van der Waals surface area (Å²) in [4.78, 5) is 9.34. The Morgan fingerprint density at radius 2 is 2.16 bits per heavy atom. The molecule has 0 aliphatic rings. The number of hydrogen-bond acceptors (Lipinski definition) is 5. The van der Waals surface area contributed by atoms with E-state index in [1.807, 2.05) is 11.4 Å². The average molecular weight is 291 g/mol. The Bertz CT molecular complexity index is 556. The maximum absolute atomic E-state index is 11.9. The van der Waals surface area contributed by atoms with Gasteiger partial charge in [-0.25, -0.2) is 9.97 Å². The number of aromatic nitrogens is 2. The van der Waals surface area contributed by atoms with Crippen LogP contribution in [0.4, 0.5) is 19.0 Å². The fourth-order valence-corrected chi connectivity index (χ4v) is 2.34. The predicted octanol–water partition coefficient (Wildman–Crippen LogP) is 2.85. The molecule has 2 rings (SSSR count). The maximum atomic E-state index is 11.9. The number of alkyl halides is 3. The Labute approximate surface area is 111 Å². The smallest absolute Gasteiger partial charge is 0.372 e. The van der Waals surface area contributed by atoms with E-state index in [1.54, 1.807) is 7.05 Å². The Morgan fingerprint density at radius 3 is 2.84 bits per heavy atom. The second-order valence-corrected chi connectivity index (χ2v) is 4.69. The molecule has 0 spiro atoms. The van der Waals surface area contributed by atoms with Crippen LogP contribution in [-0.2, 0) is 11.2 Å². The quantitative estimate of drug-likeness (QED) is 0.861. The average Bonchev–Trinajstić information content (AvgIpc) is 2.80. The van der Waals surface area contributed by atoms with Crippen molar-refractivity contribution >= 4 is 27.4 Å². The first-order valence-electron chi connectivity index (χ1n) is 5.56. The highest BCUT2D eigenvalue weighted by Gasteiger charge is 2.27. The third-order valence-electron chi connectivity index (χ3n) is 2.34. The number of rotatable bonds is 5. The summed E-state index contributed by atoms with van der Waals surface area (Å²) in [6.45, 7) is -1.30. The van der Waals surface area contributed by atoms with Gasteiger partial charge in [-0.2, -0.15) is 13.2 Å². The number of thiophene rings is 1. The third kappa shape index (κ3) is 3.77. The van der Waals surface area contributed by atoms with E-state index in [-0.39, 0.29) is 13.0 Å². The first-order valence-corrected chi connectivity index (χ1v) is 6.44. The third-order valence-corrected chi connectivity index (χ3v) is 3.15. The van der Waals surface area contributed by atoms with Crippen LogP contribution in [0.15, 0.2) is 11.4 Å². The van der Waals surface area contributed by atoms with Crippen LogP contribution in [0.1, 0.15) is 5.82 Å². The van der Waals surface area contributed by atoms with Crippen LogP contribution in [0, 0.1) is 0 Å². The van der Waals surface area contributed by atoms with Gasteiger partial charge in [-0.3, -0.25) is 0 Å². The Hall–Kier alpha value is -1.41. The van der Waals surface area contributed by atoms with Crippen LogP contribution in [0.25, 0.3) is 10.2 Å². The van der Waals surface area contributed by atoms with Gasteiger partial charge in [0.25, 0.3) is 0 Å². The molecule has 0 unspecified atom stereocenters. The lowest BCUT2D eigenvalue weighted by molar-refractivity contribution is -0.173. The van der Waals surface area contributed by atoms with E-state index in [0.717, 1.165) is 10.2 Å². The van der Waals surface area contributed by atoms with Gasteiger partial charge in [-0.1, -0.05) is 0 Å². The molecule has 0 bridgehead atoms. The number of nitrogens with one attached hydrogen (secondary N) is 1. The van der Waals surface area contributed by atoms with Crippen molar-refractivity contribution in [2.45, 2.75) is 12.6 Å². The topological polar surface area (TPSA) is 47.0 Å². The fraction of sp³-hybridized carbons (Fsp3) is 0.455. The van der Waals surface area contributed by atoms with Gasteiger partial charge in [-0.05, 0) is 11.4 Å². The van der Waals surface area contributed by atoms with Crippen LogP contribution in [-0.4, -0.2) is 36.4 Å². The summed E-state index contributed by atoms with van der Waals surface area (Å²) in [6, 6.07) is 1.90. The van der Waals surface area contributed by atoms with Gasteiger partial charge in [0.15, 0.2) is 0 Å². The Kier molecular flexibility index (Phi) is 4.20. The lowest BCUT2D eigenvalue weighted by Gasteiger charge is -2.08. The monoisotopic (exact) mass is 291 g/mol. The van der Waals surface area contributed by atoms with Gasteiger partial charge in [0, 0.05) is 13.5 Å². The van der Waals surface area contributed by atoms with Crippen LogP contribution < -0.4 is 5.32 Å². The highest BCUT2D eigenvalue weighted by molar-refractivity contribution is 7.16. The summed E-state index contributed by atoms with van der Waals surface area (Å²) in [6.07, 6.45) is -4.05. The summed E-state index contributed by atoms with van der Waals surface area (Å²) >= 11 is 1.46. The lowest BCUT2D eigenvalue weighted by Crippen LogP contribution is -2.18. The van der Waals surface area contributed by atoms with Crippen molar-refractivity contribution in [3.05, 3.63) is 17.3 Å². The molecule has 0 fully saturated rings. The van der Waals surface area contributed by atoms with Crippen LogP contribution >= 0.6 is 11.3 Å². The molecule has 0 aromatic carbocycles. The maximum Gasteiger partial charge on any atom is 0.411 e. The van der Waals surface area contributed by atoms with E-state index in [4.69, 9.17) is 0 Å². The number of hydrogen-bond donors (Lipinski definition) is 1. The van der Waals surface area contributed by atoms with Crippen LogP contribution in [0.2, 0.25) is 0 Å². The van der Waals surface area contributed by atoms with E-state index >= 15 is 0 Å². The Morgan fingerprint density at radius 1 is 1.37 bits per heavy atom. The molecule has 2 aromatic rings. The molecule has 2 aromatic heterocycles. The standard InChI is InChI=1S/C11H12F3N3OS/c1-15-9-7-3-5-19-10(7)17-8(16-9)2-4-18-6-11(12,13)14/h3,5H,2,4,6H2,1H3,(H,15,16,17). The highest BCUT2D eigenvalue weighted by Crippen LogP contribution is 2.24. The molecule has 0 saturated carbocycles. The molecular formula is C11H12F3N3OS. The van der Waals surface area contributed by atoms with E-state index in [1.165, 1.54) is 11.3 Å². The molecule has 0 aliphatic carbocycles. The highest BCUT2D eigenvalue weighted by atomic mass is 32.1. The van der Waals surface area contributed by atoms with Crippen molar-refractivity contribution in [2.75, 3.05) is 25.6 Å². The molecule has 104 valence electrons. The molecule has 2 heterocycles. The normalized spacial score (nSPS) is 12.0. The SMILES string of the molecule is CNc1nc(CCOCC(F)(F)F)nc2sccc12. The molecule has 8 heteroatoms. The summed E-state index contributed by atoms with van der Waals surface area (Å²) in [5.74, 6) is 1.15. The molecule has 0 atom stereocenters. The second-order valence-electron chi connectivity index (χ2n) is 3.80. The summed E-state index contributed by atoms with van der Waals surface area (Å²) in [7, 11) is 1.74. The van der Waals surface area contributed by atoms with Gasteiger partial charge in [0.05, 0.1) is 12.0 Å². The summed E-state index contributed by atoms with van der Waals surface area (Å²) in [5.41, 5.74) is 0. The molecular weight excluding hydrogens is 279 g/mol. The second kappa shape index (κ2) is 5.70. The lowest BCUT2D eigenvalue weighted by atomic mass is 10.3. The first-order chi connectivity index (χ1) is 8.99. The summed E-state index contributed by atoms with van der Waals surface area (Å²) < 4.78 is 40.3. The molecule has 4 nitrogen and oxygen atoms in total. The zero-order chi connectivity index (χ0) is 13.9.